The molecule has 2 aliphatic rings. The maximum absolute atomic E-state index is 6.41. The molecule has 1 aromatic heterocycles. The van der Waals surface area contributed by atoms with Gasteiger partial charge < -0.3 is 9.47 Å². The van der Waals surface area contributed by atoms with Crippen LogP contribution in [-0.2, 0) is 6.42 Å². The van der Waals surface area contributed by atoms with Crippen LogP contribution in [0.5, 0.6) is 11.5 Å². The highest BCUT2D eigenvalue weighted by Gasteiger charge is 2.44. The number of halogens is 1. The molecule has 22 heavy (non-hydrogen) atoms. The van der Waals surface area contributed by atoms with Gasteiger partial charge in [0, 0.05) is 34.4 Å². The molecule has 1 aliphatic heterocycles. The first-order valence-corrected chi connectivity index (χ1v) is 8.50. The van der Waals surface area contributed by atoms with Gasteiger partial charge in [0.2, 0.25) is 0 Å². The van der Waals surface area contributed by atoms with E-state index in [1.165, 1.54) is 24.0 Å². The number of hydrogen-bond donors (Lipinski definition) is 0. The van der Waals surface area contributed by atoms with Crippen molar-refractivity contribution in [1.29, 1.82) is 0 Å². The van der Waals surface area contributed by atoms with Crippen molar-refractivity contribution in [2.45, 2.75) is 37.7 Å². The van der Waals surface area contributed by atoms with Gasteiger partial charge in [0.25, 0.3) is 0 Å². The predicted molar refractivity (Wildman–Crippen MR) is 89.5 cm³/mol. The summed E-state index contributed by atoms with van der Waals surface area (Å²) in [5.74, 6) is 1.77. The van der Waals surface area contributed by atoms with Gasteiger partial charge in [-0.05, 0) is 59.3 Å². The van der Waals surface area contributed by atoms with Crippen molar-refractivity contribution >= 4 is 15.9 Å². The maximum atomic E-state index is 6.41. The molecule has 114 valence electrons. The fraction of sp³-hybridized carbons (Fsp3) is 0.389. The van der Waals surface area contributed by atoms with E-state index in [4.69, 9.17) is 9.47 Å². The van der Waals surface area contributed by atoms with Crippen LogP contribution in [0.25, 0.3) is 11.1 Å². The third-order valence-electron chi connectivity index (χ3n) is 4.79. The Kier molecular flexibility index (Phi) is 3.37. The molecule has 4 heteroatoms. The molecule has 1 aliphatic carbocycles. The summed E-state index contributed by atoms with van der Waals surface area (Å²) < 4.78 is 12.9. The van der Waals surface area contributed by atoms with E-state index >= 15 is 0 Å². The standard InChI is InChI=1S/C18H18BrNO2/c1-21-16-5-4-14(12-8-13(19)11-20-10-12)15-9-18(22-17(15)16)6-2-3-7-18/h4-5,8,10-11H,2-3,6-7,9H2,1H3. The minimum Gasteiger partial charge on any atom is -0.493 e. The van der Waals surface area contributed by atoms with Gasteiger partial charge in [-0.2, -0.15) is 0 Å². The number of aromatic nitrogens is 1. The van der Waals surface area contributed by atoms with Gasteiger partial charge in [0.05, 0.1) is 7.11 Å². The molecule has 0 atom stereocenters. The van der Waals surface area contributed by atoms with E-state index < -0.39 is 0 Å². The third-order valence-corrected chi connectivity index (χ3v) is 5.23. The minimum absolute atomic E-state index is 0.00877. The molecule has 1 spiro atoms. The van der Waals surface area contributed by atoms with Crippen molar-refractivity contribution in [2.24, 2.45) is 0 Å². The zero-order chi connectivity index (χ0) is 15.2. The summed E-state index contributed by atoms with van der Waals surface area (Å²) >= 11 is 3.51. The molecule has 0 N–H and O–H groups in total. The molecule has 1 aromatic carbocycles. The van der Waals surface area contributed by atoms with Gasteiger partial charge in [-0.25, -0.2) is 0 Å². The Morgan fingerprint density at radius 3 is 2.77 bits per heavy atom. The lowest BCUT2D eigenvalue weighted by Crippen LogP contribution is -2.30. The first-order valence-electron chi connectivity index (χ1n) is 7.71. The number of hydrogen-bond acceptors (Lipinski definition) is 3. The highest BCUT2D eigenvalue weighted by Crippen LogP contribution is 2.51. The van der Waals surface area contributed by atoms with E-state index in [0.717, 1.165) is 40.8 Å². The van der Waals surface area contributed by atoms with Gasteiger partial charge in [-0.15, -0.1) is 0 Å². The van der Waals surface area contributed by atoms with Crippen molar-refractivity contribution in [2.75, 3.05) is 7.11 Å². The van der Waals surface area contributed by atoms with Gasteiger partial charge in [-0.3, -0.25) is 4.98 Å². The molecule has 0 bridgehead atoms. The van der Waals surface area contributed by atoms with Crippen LogP contribution in [0.3, 0.4) is 0 Å². The fourth-order valence-corrected chi connectivity index (χ4v) is 4.12. The van der Waals surface area contributed by atoms with E-state index in [1.54, 1.807) is 7.11 Å². The molecule has 1 fully saturated rings. The van der Waals surface area contributed by atoms with Crippen LogP contribution in [0.2, 0.25) is 0 Å². The highest BCUT2D eigenvalue weighted by atomic mass is 79.9. The Labute approximate surface area is 138 Å². The van der Waals surface area contributed by atoms with Crippen LogP contribution in [0.4, 0.5) is 0 Å². The summed E-state index contributed by atoms with van der Waals surface area (Å²) in [6.07, 6.45) is 9.48. The SMILES string of the molecule is COc1ccc(-c2cncc(Br)c2)c2c1OC1(CCCC1)C2. The summed E-state index contributed by atoms with van der Waals surface area (Å²) in [7, 11) is 1.71. The van der Waals surface area contributed by atoms with E-state index in [1.807, 2.05) is 18.5 Å². The molecule has 0 unspecified atom stereocenters. The zero-order valence-electron chi connectivity index (χ0n) is 12.6. The first-order chi connectivity index (χ1) is 10.7. The highest BCUT2D eigenvalue weighted by molar-refractivity contribution is 9.10. The van der Waals surface area contributed by atoms with E-state index in [0.29, 0.717) is 0 Å². The first kappa shape index (κ1) is 14.1. The number of rotatable bonds is 2. The van der Waals surface area contributed by atoms with E-state index in [2.05, 4.69) is 33.0 Å². The molecule has 0 amide bonds. The third kappa shape index (κ3) is 2.21. The lowest BCUT2D eigenvalue weighted by molar-refractivity contribution is 0.0996. The zero-order valence-corrected chi connectivity index (χ0v) is 14.1. The fourth-order valence-electron chi connectivity index (χ4n) is 3.76. The molecule has 1 saturated carbocycles. The number of ether oxygens (including phenoxy) is 2. The van der Waals surface area contributed by atoms with Crippen LogP contribution in [-0.4, -0.2) is 17.7 Å². The molecule has 2 aromatic rings. The van der Waals surface area contributed by atoms with E-state index in [9.17, 15) is 0 Å². The average molecular weight is 360 g/mol. The molecule has 2 heterocycles. The quantitative estimate of drug-likeness (QED) is 0.773. The second-order valence-electron chi connectivity index (χ2n) is 6.18. The van der Waals surface area contributed by atoms with Gasteiger partial charge in [0.1, 0.15) is 5.60 Å². The smallest absolute Gasteiger partial charge is 0.165 e. The van der Waals surface area contributed by atoms with Crippen LogP contribution in [0.1, 0.15) is 31.2 Å². The normalized spacial score (nSPS) is 18.3. The second-order valence-corrected chi connectivity index (χ2v) is 7.10. The molecule has 0 saturated heterocycles. The van der Waals surface area contributed by atoms with Crippen LogP contribution < -0.4 is 9.47 Å². The Hall–Kier alpha value is -1.55. The molecular weight excluding hydrogens is 342 g/mol. The summed E-state index contributed by atoms with van der Waals surface area (Å²) in [5, 5.41) is 0. The summed E-state index contributed by atoms with van der Waals surface area (Å²) in [4.78, 5) is 4.30. The minimum atomic E-state index is -0.00877. The Bertz CT molecular complexity index is 723. The van der Waals surface area contributed by atoms with Gasteiger partial charge >= 0.3 is 0 Å². The number of pyridine rings is 1. The summed E-state index contributed by atoms with van der Waals surface area (Å²) in [6.45, 7) is 0. The molecule has 3 nitrogen and oxygen atoms in total. The number of nitrogens with zero attached hydrogens (tertiary/aromatic N) is 1. The Balaban J connectivity index is 1.84. The van der Waals surface area contributed by atoms with Crippen LogP contribution in [0.15, 0.2) is 35.1 Å². The largest absolute Gasteiger partial charge is 0.493 e. The van der Waals surface area contributed by atoms with Gasteiger partial charge in [-0.1, -0.05) is 6.07 Å². The number of fused-ring (bicyclic) bond motifs is 1. The predicted octanol–water partition coefficient (Wildman–Crippen LogP) is 4.77. The topological polar surface area (TPSA) is 31.4 Å². The summed E-state index contributed by atoms with van der Waals surface area (Å²) in [5.41, 5.74) is 3.58. The Morgan fingerprint density at radius 2 is 2.05 bits per heavy atom. The van der Waals surface area contributed by atoms with Crippen LogP contribution in [0, 0.1) is 0 Å². The maximum Gasteiger partial charge on any atom is 0.165 e. The molecule has 0 radical (unpaired) electrons. The second kappa shape index (κ2) is 5.27. The lowest BCUT2D eigenvalue weighted by atomic mass is 9.91. The Morgan fingerprint density at radius 1 is 1.23 bits per heavy atom. The van der Waals surface area contributed by atoms with Crippen molar-refractivity contribution in [3.63, 3.8) is 0 Å². The monoisotopic (exact) mass is 359 g/mol. The van der Waals surface area contributed by atoms with Crippen LogP contribution >= 0.6 is 15.9 Å². The number of benzene rings is 1. The van der Waals surface area contributed by atoms with Crippen molar-refractivity contribution in [3.8, 4) is 22.6 Å². The lowest BCUT2D eigenvalue weighted by Gasteiger charge is -2.22. The molecular formula is C18H18BrNO2. The molecule has 4 rings (SSSR count). The average Bonchev–Trinajstić information content (AvgIpc) is 3.13. The van der Waals surface area contributed by atoms with Crippen molar-refractivity contribution in [1.82, 2.24) is 4.98 Å². The number of methoxy groups -OCH3 is 1. The van der Waals surface area contributed by atoms with Gasteiger partial charge in [0.15, 0.2) is 11.5 Å². The van der Waals surface area contributed by atoms with Crippen molar-refractivity contribution < 1.29 is 9.47 Å². The summed E-state index contributed by atoms with van der Waals surface area (Å²) in [6, 6.07) is 6.23. The van der Waals surface area contributed by atoms with Crippen molar-refractivity contribution in [3.05, 3.63) is 40.6 Å². The van der Waals surface area contributed by atoms with E-state index in [-0.39, 0.29) is 5.60 Å².